The molecule has 3 aromatic heterocycles. The molecular weight excluding hydrogens is 428 g/mol. The molecule has 3 heterocycles. The molecule has 0 saturated heterocycles. The van der Waals surface area contributed by atoms with E-state index < -0.39 is 30.3 Å². The minimum absolute atomic E-state index is 0.223. The van der Waals surface area contributed by atoms with Crippen molar-refractivity contribution < 1.29 is 18.7 Å². The maximum absolute atomic E-state index is 13.2. The van der Waals surface area contributed by atoms with E-state index in [1.165, 1.54) is 0 Å². The van der Waals surface area contributed by atoms with Crippen LogP contribution in [0.25, 0.3) is 32.9 Å². The molecule has 1 fully saturated rings. The largest absolute Gasteiger partial charge is 0.387 e. The number of pyridine rings is 2. The Balaban J connectivity index is 1.60. The lowest BCUT2D eigenvalue weighted by Gasteiger charge is -2.13. The molecule has 1 aliphatic rings. The first-order valence-corrected chi connectivity index (χ1v) is 10.8. The number of carbonyl (C=O) groups excluding carboxylic acids is 1. The highest BCUT2D eigenvalue weighted by Gasteiger charge is 2.61. The van der Waals surface area contributed by atoms with Crippen LogP contribution in [0, 0.1) is 12.8 Å². The standard InChI is InChI=1S/C24H23F2N5O2/c1-4-19(32)18-5-12(2)16(10-27-18)15-6-13-9-28-20(30-23(33)17-8-24(17,25)26)7-14(13)22-21(15)29-11-31(22)3/h5-7,9-11,17,19,32H,4,8H2,1-3H3,(H,28,30,33)/t17-,19-/m1/s1. The summed E-state index contributed by atoms with van der Waals surface area (Å²) in [5.74, 6) is -4.72. The number of rotatable bonds is 5. The van der Waals surface area contributed by atoms with Crippen molar-refractivity contribution >= 4 is 33.5 Å². The number of aliphatic hydroxyl groups excluding tert-OH is 1. The van der Waals surface area contributed by atoms with E-state index in [2.05, 4.69) is 20.3 Å². The highest BCUT2D eigenvalue weighted by atomic mass is 19.3. The van der Waals surface area contributed by atoms with Crippen molar-refractivity contribution in [3.63, 3.8) is 0 Å². The lowest BCUT2D eigenvalue weighted by molar-refractivity contribution is -0.119. The van der Waals surface area contributed by atoms with Crippen LogP contribution in [0.1, 0.15) is 37.1 Å². The summed E-state index contributed by atoms with van der Waals surface area (Å²) in [6.45, 7) is 3.86. The van der Waals surface area contributed by atoms with Crippen molar-refractivity contribution in [3.8, 4) is 11.1 Å². The van der Waals surface area contributed by atoms with Crippen LogP contribution in [0.5, 0.6) is 0 Å². The zero-order chi connectivity index (χ0) is 23.5. The number of nitrogens with one attached hydrogen (secondary N) is 1. The maximum Gasteiger partial charge on any atom is 0.260 e. The molecule has 9 heteroatoms. The van der Waals surface area contributed by atoms with Crippen LogP contribution in [0.2, 0.25) is 0 Å². The topological polar surface area (TPSA) is 92.9 Å². The van der Waals surface area contributed by atoms with Crippen molar-refractivity contribution in [2.75, 3.05) is 5.32 Å². The van der Waals surface area contributed by atoms with E-state index in [1.807, 2.05) is 37.6 Å². The number of hydrogen-bond acceptors (Lipinski definition) is 5. The van der Waals surface area contributed by atoms with Crippen LogP contribution in [-0.4, -0.2) is 36.5 Å². The second-order valence-electron chi connectivity index (χ2n) is 8.62. The van der Waals surface area contributed by atoms with Gasteiger partial charge in [0.1, 0.15) is 11.7 Å². The molecule has 2 N–H and O–H groups in total. The monoisotopic (exact) mass is 451 g/mol. The number of carbonyl (C=O) groups is 1. The molecule has 0 aliphatic heterocycles. The van der Waals surface area contributed by atoms with Gasteiger partial charge < -0.3 is 15.0 Å². The summed E-state index contributed by atoms with van der Waals surface area (Å²) >= 11 is 0. The van der Waals surface area contributed by atoms with E-state index in [4.69, 9.17) is 0 Å². The van der Waals surface area contributed by atoms with Crippen LogP contribution < -0.4 is 5.32 Å². The highest BCUT2D eigenvalue weighted by molar-refractivity contribution is 6.12. The summed E-state index contributed by atoms with van der Waals surface area (Å²) in [6, 6.07) is 5.53. The maximum atomic E-state index is 13.2. The average molecular weight is 451 g/mol. The second-order valence-corrected chi connectivity index (χ2v) is 8.62. The fraction of sp³-hybridized carbons (Fsp3) is 0.333. The number of aliphatic hydroxyl groups is 1. The predicted octanol–water partition coefficient (Wildman–Crippen LogP) is 4.53. The van der Waals surface area contributed by atoms with Gasteiger partial charge in [0.15, 0.2) is 0 Å². The molecule has 5 rings (SSSR count). The Labute approximate surface area is 188 Å². The molecule has 0 spiro atoms. The summed E-state index contributed by atoms with van der Waals surface area (Å²) in [5.41, 5.74) is 4.92. The molecule has 1 aromatic carbocycles. The van der Waals surface area contributed by atoms with Crippen molar-refractivity contribution in [2.45, 2.75) is 38.7 Å². The van der Waals surface area contributed by atoms with E-state index in [-0.39, 0.29) is 5.82 Å². The summed E-state index contributed by atoms with van der Waals surface area (Å²) in [4.78, 5) is 25.4. The first-order valence-electron chi connectivity index (χ1n) is 10.8. The average Bonchev–Trinajstić information content (AvgIpc) is 3.26. The van der Waals surface area contributed by atoms with E-state index >= 15 is 0 Å². The third-order valence-corrected chi connectivity index (χ3v) is 6.23. The van der Waals surface area contributed by atoms with Gasteiger partial charge in [0, 0.05) is 47.8 Å². The summed E-state index contributed by atoms with van der Waals surface area (Å²) in [6.07, 6.45) is 4.60. The fourth-order valence-electron chi connectivity index (χ4n) is 4.19. The van der Waals surface area contributed by atoms with Crippen LogP contribution in [0.3, 0.4) is 0 Å². The molecule has 4 aromatic rings. The molecular formula is C24H23F2N5O2. The minimum Gasteiger partial charge on any atom is -0.387 e. The first-order chi connectivity index (χ1) is 15.7. The molecule has 2 atom stereocenters. The van der Waals surface area contributed by atoms with Crippen LogP contribution in [0.4, 0.5) is 14.6 Å². The van der Waals surface area contributed by atoms with Gasteiger partial charge in [0.25, 0.3) is 5.92 Å². The van der Waals surface area contributed by atoms with Gasteiger partial charge in [0.05, 0.1) is 29.2 Å². The number of fused-ring (bicyclic) bond motifs is 3. The van der Waals surface area contributed by atoms with Gasteiger partial charge in [-0.3, -0.25) is 9.78 Å². The Morgan fingerprint density at radius 1 is 1.24 bits per heavy atom. The predicted molar refractivity (Wildman–Crippen MR) is 121 cm³/mol. The van der Waals surface area contributed by atoms with Gasteiger partial charge in [-0.05, 0) is 37.1 Å². The second kappa shape index (κ2) is 7.55. The SMILES string of the molecule is CC[C@@H](O)c1cc(C)c(-c2cc3cnc(NC(=O)[C@H]4CC4(F)F)cc3c3c2ncn3C)cn1. The molecule has 0 radical (unpaired) electrons. The minimum atomic E-state index is -2.93. The van der Waals surface area contributed by atoms with Gasteiger partial charge in [-0.1, -0.05) is 6.92 Å². The molecule has 1 amide bonds. The Kier molecular flexibility index (Phi) is 4.89. The number of imidazole rings is 1. The van der Waals surface area contributed by atoms with E-state index in [0.717, 1.165) is 38.5 Å². The number of halogens is 2. The molecule has 7 nitrogen and oxygen atoms in total. The van der Waals surface area contributed by atoms with Gasteiger partial charge >= 0.3 is 0 Å². The molecule has 1 aliphatic carbocycles. The number of anilines is 1. The number of amides is 1. The number of hydrogen-bond donors (Lipinski definition) is 2. The lowest BCUT2D eigenvalue weighted by atomic mass is 9.97. The summed E-state index contributed by atoms with van der Waals surface area (Å²) < 4.78 is 28.4. The van der Waals surface area contributed by atoms with Crippen molar-refractivity contribution in [1.29, 1.82) is 0 Å². The quantitative estimate of drug-likeness (QED) is 0.465. The smallest absolute Gasteiger partial charge is 0.260 e. The zero-order valence-electron chi connectivity index (χ0n) is 18.4. The molecule has 1 saturated carbocycles. The zero-order valence-corrected chi connectivity index (χ0v) is 18.4. The normalized spacial score (nSPS) is 17.9. The molecule has 33 heavy (non-hydrogen) atoms. The number of benzene rings is 1. The third kappa shape index (κ3) is 3.62. The number of nitrogens with zero attached hydrogens (tertiary/aromatic N) is 4. The Morgan fingerprint density at radius 2 is 2.00 bits per heavy atom. The molecule has 0 unspecified atom stereocenters. The number of aryl methyl sites for hydroxylation is 2. The van der Waals surface area contributed by atoms with Gasteiger partial charge in [-0.25, -0.2) is 18.7 Å². The Hall–Kier alpha value is -3.46. The Bertz CT molecular complexity index is 1420. The lowest BCUT2D eigenvalue weighted by Crippen LogP contribution is -2.18. The van der Waals surface area contributed by atoms with Crippen LogP contribution >= 0.6 is 0 Å². The van der Waals surface area contributed by atoms with Crippen LogP contribution in [-0.2, 0) is 11.8 Å². The van der Waals surface area contributed by atoms with Crippen molar-refractivity contribution in [1.82, 2.24) is 19.5 Å². The fourth-order valence-corrected chi connectivity index (χ4v) is 4.19. The molecule has 0 bridgehead atoms. The van der Waals surface area contributed by atoms with Gasteiger partial charge in [-0.15, -0.1) is 0 Å². The van der Waals surface area contributed by atoms with Crippen molar-refractivity contribution in [2.24, 2.45) is 13.0 Å². The van der Waals surface area contributed by atoms with Gasteiger partial charge in [0.2, 0.25) is 5.91 Å². The highest BCUT2D eigenvalue weighted by Crippen LogP contribution is 2.49. The number of alkyl halides is 2. The number of aromatic nitrogens is 4. The van der Waals surface area contributed by atoms with Gasteiger partial charge in [-0.2, -0.15) is 0 Å². The van der Waals surface area contributed by atoms with E-state index in [9.17, 15) is 18.7 Å². The van der Waals surface area contributed by atoms with Crippen LogP contribution in [0.15, 0.2) is 36.9 Å². The Morgan fingerprint density at radius 3 is 2.67 bits per heavy atom. The first kappa shape index (κ1) is 21.4. The summed E-state index contributed by atoms with van der Waals surface area (Å²) in [7, 11) is 1.87. The summed E-state index contributed by atoms with van der Waals surface area (Å²) in [5, 5.41) is 14.3. The third-order valence-electron chi connectivity index (χ3n) is 6.23. The van der Waals surface area contributed by atoms with E-state index in [0.29, 0.717) is 12.1 Å². The molecule has 170 valence electrons. The van der Waals surface area contributed by atoms with E-state index in [1.54, 1.807) is 24.8 Å². The van der Waals surface area contributed by atoms with Crippen molar-refractivity contribution in [3.05, 3.63) is 48.2 Å².